The van der Waals surface area contributed by atoms with Gasteiger partial charge < -0.3 is 10.6 Å². The van der Waals surface area contributed by atoms with Crippen LogP contribution in [0.5, 0.6) is 0 Å². The van der Waals surface area contributed by atoms with Crippen molar-refractivity contribution in [2.24, 2.45) is 17.6 Å². The van der Waals surface area contributed by atoms with Gasteiger partial charge in [-0.05, 0) is 57.2 Å². The second kappa shape index (κ2) is 6.41. The van der Waals surface area contributed by atoms with Crippen molar-refractivity contribution in [3.8, 4) is 0 Å². The summed E-state index contributed by atoms with van der Waals surface area (Å²) < 4.78 is 0. The summed E-state index contributed by atoms with van der Waals surface area (Å²) in [6.07, 6.45) is 5.53. The molecular weight excluding hydrogens is 172 g/mol. The van der Waals surface area contributed by atoms with E-state index in [-0.39, 0.29) is 0 Å². The Morgan fingerprint density at radius 1 is 1.00 bits per heavy atom. The number of nitrogens with zero attached hydrogens (tertiary/aromatic N) is 1. The monoisotopic (exact) mass is 198 g/mol. The summed E-state index contributed by atoms with van der Waals surface area (Å²) in [7, 11) is 0. The minimum absolute atomic E-state index is 0.822. The van der Waals surface area contributed by atoms with Crippen LogP contribution in [0.3, 0.4) is 0 Å². The van der Waals surface area contributed by atoms with Crippen molar-refractivity contribution in [2.75, 3.05) is 26.2 Å². The average Bonchev–Trinajstić information content (AvgIpc) is 2.26. The predicted octanol–water partition coefficient (Wildman–Crippen LogP) is 2.09. The highest BCUT2D eigenvalue weighted by molar-refractivity contribution is 4.75. The molecule has 0 amide bonds. The molecule has 2 nitrogen and oxygen atoms in total. The molecular formula is C12H26N2. The van der Waals surface area contributed by atoms with Crippen LogP contribution in [0, 0.1) is 11.8 Å². The Bertz CT molecular complexity index is 135. The van der Waals surface area contributed by atoms with Crippen LogP contribution in [-0.2, 0) is 0 Å². The molecule has 14 heavy (non-hydrogen) atoms. The molecule has 0 aromatic heterocycles. The van der Waals surface area contributed by atoms with Crippen molar-refractivity contribution < 1.29 is 0 Å². The van der Waals surface area contributed by atoms with Crippen molar-refractivity contribution in [1.29, 1.82) is 0 Å². The van der Waals surface area contributed by atoms with Gasteiger partial charge in [0, 0.05) is 6.54 Å². The fraction of sp³-hybridized carbons (Fsp3) is 1.00. The molecule has 0 aromatic rings. The van der Waals surface area contributed by atoms with E-state index in [9.17, 15) is 0 Å². The van der Waals surface area contributed by atoms with Crippen LogP contribution < -0.4 is 5.73 Å². The zero-order chi connectivity index (χ0) is 10.4. The zero-order valence-electron chi connectivity index (χ0n) is 9.84. The SMILES string of the molecule is CCN(CC)CC1CCC(CN)CC1. The van der Waals surface area contributed by atoms with Crippen LogP contribution in [-0.4, -0.2) is 31.1 Å². The normalized spacial score (nSPS) is 28.3. The first-order chi connectivity index (χ1) is 6.80. The minimum atomic E-state index is 0.822. The molecule has 1 saturated carbocycles. The van der Waals surface area contributed by atoms with Crippen molar-refractivity contribution in [3.63, 3.8) is 0 Å². The summed E-state index contributed by atoms with van der Waals surface area (Å²) in [5.74, 6) is 1.76. The first kappa shape index (κ1) is 12.0. The predicted molar refractivity (Wildman–Crippen MR) is 62.3 cm³/mol. The van der Waals surface area contributed by atoms with E-state index in [2.05, 4.69) is 18.7 Å². The van der Waals surface area contributed by atoms with Crippen LogP contribution in [0.25, 0.3) is 0 Å². The molecule has 1 aliphatic rings. The Labute approximate surface area is 88.8 Å². The molecule has 0 unspecified atom stereocenters. The Balaban J connectivity index is 2.21. The highest BCUT2D eigenvalue weighted by atomic mass is 15.1. The van der Waals surface area contributed by atoms with Gasteiger partial charge in [-0.25, -0.2) is 0 Å². The van der Waals surface area contributed by atoms with E-state index in [0.717, 1.165) is 18.4 Å². The van der Waals surface area contributed by atoms with Gasteiger partial charge in [0.1, 0.15) is 0 Å². The molecule has 2 N–H and O–H groups in total. The third-order valence-electron chi connectivity index (χ3n) is 3.71. The average molecular weight is 198 g/mol. The highest BCUT2D eigenvalue weighted by Gasteiger charge is 2.21. The van der Waals surface area contributed by atoms with E-state index in [1.807, 2.05) is 0 Å². The van der Waals surface area contributed by atoms with Crippen LogP contribution in [0.15, 0.2) is 0 Å². The molecule has 1 aliphatic carbocycles. The Hall–Kier alpha value is -0.0800. The van der Waals surface area contributed by atoms with E-state index in [1.165, 1.54) is 45.3 Å². The molecule has 0 spiro atoms. The number of nitrogens with two attached hydrogens (primary N) is 1. The van der Waals surface area contributed by atoms with E-state index < -0.39 is 0 Å². The Morgan fingerprint density at radius 2 is 1.50 bits per heavy atom. The van der Waals surface area contributed by atoms with E-state index in [0.29, 0.717) is 0 Å². The Morgan fingerprint density at radius 3 is 1.93 bits per heavy atom. The van der Waals surface area contributed by atoms with Gasteiger partial charge in [-0.15, -0.1) is 0 Å². The fourth-order valence-corrected chi connectivity index (χ4v) is 2.50. The molecule has 0 radical (unpaired) electrons. The zero-order valence-corrected chi connectivity index (χ0v) is 9.84. The van der Waals surface area contributed by atoms with Gasteiger partial charge in [0.15, 0.2) is 0 Å². The third-order valence-corrected chi connectivity index (χ3v) is 3.71. The maximum absolute atomic E-state index is 5.69. The van der Waals surface area contributed by atoms with Gasteiger partial charge in [0.25, 0.3) is 0 Å². The summed E-state index contributed by atoms with van der Waals surface area (Å²) in [6, 6.07) is 0. The lowest BCUT2D eigenvalue weighted by Crippen LogP contribution is -2.32. The van der Waals surface area contributed by atoms with Gasteiger partial charge in [-0.3, -0.25) is 0 Å². The van der Waals surface area contributed by atoms with Crippen LogP contribution in [0.2, 0.25) is 0 Å². The van der Waals surface area contributed by atoms with Crippen molar-refractivity contribution in [1.82, 2.24) is 4.90 Å². The molecule has 1 fully saturated rings. The van der Waals surface area contributed by atoms with Gasteiger partial charge in [-0.2, -0.15) is 0 Å². The molecule has 0 aliphatic heterocycles. The molecule has 0 heterocycles. The lowest BCUT2D eigenvalue weighted by Gasteiger charge is -2.31. The number of hydrogen-bond donors (Lipinski definition) is 1. The van der Waals surface area contributed by atoms with E-state index in [1.54, 1.807) is 0 Å². The summed E-state index contributed by atoms with van der Waals surface area (Å²) in [5, 5.41) is 0. The third kappa shape index (κ3) is 3.58. The second-order valence-electron chi connectivity index (χ2n) is 4.61. The molecule has 84 valence electrons. The summed E-state index contributed by atoms with van der Waals surface area (Å²) >= 11 is 0. The lowest BCUT2D eigenvalue weighted by atomic mass is 9.82. The van der Waals surface area contributed by atoms with Crippen molar-refractivity contribution in [3.05, 3.63) is 0 Å². The lowest BCUT2D eigenvalue weighted by molar-refractivity contribution is 0.193. The maximum Gasteiger partial charge on any atom is 0.000943 e. The van der Waals surface area contributed by atoms with Gasteiger partial charge in [0.05, 0.1) is 0 Å². The topological polar surface area (TPSA) is 29.3 Å². The van der Waals surface area contributed by atoms with E-state index >= 15 is 0 Å². The van der Waals surface area contributed by atoms with Crippen molar-refractivity contribution in [2.45, 2.75) is 39.5 Å². The summed E-state index contributed by atoms with van der Waals surface area (Å²) in [6.45, 7) is 9.13. The minimum Gasteiger partial charge on any atom is -0.330 e. The van der Waals surface area contributed by atoms with Crippen molar-refractivity contribution >= 4 is 0 Å². The second-order valence-corrected chi connectivity index (χ2v) is 4.61. The Kier molecular flexibility index (Phi) is 5.49. The first-order valence-corrected chi connectivity index (χ1v) is 6.22. The molecule has 0 aromatic carbocycles. The van der Waals surface area contributed by atoms with Crippen LogP contribution in [0.1, 0.15) is 39.5 Å². The largest absolute Gasteiger partial charge is 0.330 e. The molecule has 0 bridgehead atoms. The smallest absolute Gasteiger partial charge is 0.000943 e. The van der Waals surface area contributed by atoms with Gasteiger partial charge in [0.2, 0.25) is 0 Å². The van der Waals surface area contributed by atoms with Crippen LogP contribution in [0.4, 0.5) is 0 Å². The van der Waals surface area contributed by atoms with Crippen LogP contribution >= 0.6 is 0 Å². The molecule has 0 saturated heterocycles. The van der Waals surface area contributed by atoms with E-state index in [4.69, 9.17) is 5.73 Å². The van der Waals surface area contributed by atoms with Gasteiger partial charge >= 0.3 is 0 Å². The summed E-state index contributed by atoms with van der Waals surface area (Å²) in [4.78, 5) is 2.55. The molecule has 1 rings (SSSR count). The number of hydrogen-bond acceptors (Lipinski definition) is 2. The highest BCUT2D eigenvalue weighted by Crippen LogP contribution is 2.28. The summed E-state index contributed by atoms with van der Waals surface area (Å²) in [5.41, 5.74) is 5.69. The maximum atomic E-state index is 5.69. The first-order valence-electron chi connectivity index (χ1n) is 6.22. The molecule has 2 heteroatoms. The van der Waals surface area contributed by atoms with Gasteiger partial charge in [-0.1, -0.05) is 13.8 Å². The quantitative estimate of drug-likeness (QED) is 0.733. The fourth-order valence-electron chi connectivity index (χ4n) is 2.50. The molecule has 0 atom stereocenters. The number of rotatable bonds is 5. The standard InChI is InChI=1S/C12H26N2/c1-3-14(4-2)10-12-7-5-11(9-13)6-8-12/h11-12H,3-10,13H2,1-2H3.